The third-order valence-corrected chi connectivity index (χ3v) is 3.20. The van der Waals surface area contributed by atoms with E-state index in [0.29, 0.717) is 17.1 Å². The molecule has 0 unspecified atom stereocenters. The first-order valence-electron chi connectivity index (χ1n) is 6.75. The lowest BCUT2D eigenvalue weighted by Gasteiger charge is -2.10. The van der Waals surface area contributed by atoms with Gasteiger partial charge in [0.2, 0.25) is 5.88 Å². The van der Waals surface area contributed by atoms with Crippen LogP contribution in [-0.2, 0) is 6.18 Å². The largest absolute Gasteiger partial charge is 0.437 e. The third kappa shape index (κ3) is 3.12. The van der Waals surface area contributed by atoms with Gasteiger partial charge in [0, 0.05) is 17.6 Å². The number of hydrogen-bond acceptors (Lipinski definition) is 4. The number of halogens is 3. The highest BCUT2D eigenvalue weighted by Gasteiger charge is 2.30. The first kappa shape index (κ1) is 15.7. The molecular weight excluding hydrogens is 323 g/mol. The van der Waals surface area contributed by atoms with Gasteiger partial charge >= 0.3 is 6.18 Å². The number of benzene rings is 1. The number of nitrogens with zero attached hydrogens (tertiary/aromatic N) is 2. The Morgan fingerprint density at radius 3 is 2.50 bits per heavy atom. The molecule has 122 valence electrons. The molecule has 24 heavy (non-hydrogen) atoms. The van der Waals surface area contributed by atoms with Gasteiger partial charge in [-0.25, -0.2) is 9.97 Å². The second-order valence-corrected chi connectivity index (χ2v) is 4.88. The summed E-state index contributed by atoms with van der Waals surface area (Å²) in [5, 5.41) is 0.685. The lowest BCUT2D eigenvalue weighted by atomic mass is 10.2. The van der Waals surface area contributed by atoms with E-state index >= 15 is 0 Å². The Kier molecular flexibility index (Phi) is 3.80. The molecule has 2 heterocycles. The number of carbonyl (C=O) groups is 1. The first-order valence-corrected chi connectivity index (χ1v) is 6.75. The fourth-order valence-electron chi connectivity index (χ4n) is 2.07. The van der Waals surface area contributed by atoms with Gasteiger partial charge in [0.1, 0.15) is 0 Å². The van der Waals surface area contributed by atoms with Gasteiger partial charge < -0.3 is 10.5 Å². The number of hydrogen-bond donors (Lipinski definition) is 1. The zero-order valence-corrected chi connectivity index (χ0v) is 12.0. The minimum absolute atomic E-state index is 0.0217. The van der Waals surface area contributed by atoms with Crippen LogP contribution in [-0.4, -0.2) is 15.9 Å². The maximum Gasteiger partial charge on any atom is 0.417 e. The minimum Gasteiger partial charge on any atom is -0.437 e. The molecule has 2 aromatic heterocycles. The molecule has 0 fully saturated rings. The Balaban J connectivity index is 1.99. The van der Waals surface area contributed by atoms with Gasteiger partial charge in [-0.05, 0) is 18.2 Å². The number of carbonyl (C=O) groups excluding carboxylic acids is 1. The lowest BCUT2D eigenvalue weighted by Crippen LogP contribution is -2.14. The van der Waals surface area contributed by atoms with Gasteiger partial charge in [-0.1, -0.05) is 18.2 Å². The predicted molar refractivity (Wildman–Crippen MR) is 79.6 cm³/mol. The van der Waals surface area contributed by atoms with E-state index in [4.69, 9.17) is 10.5 Å². The standard InChI is InChI=1S/C16H10F3N3O2/c17-16(18,19)10-5-6-13(21-8-10)24-12-7-9-3-1-2-4-11(9)22-14(12)15(20)23/h1-8H,(H2,20,23). The summed E-state index contributed by atoms with van der Waals surface area (Å²) in [7, 11) is 0. The van der Waals surface area contributed by atoms with E-state index < -0.39 is 17.6 Å². The molecule has 0 atom stereocenters. The molecule has 3 aromatic rings. The van der Waals surface area contributed by atoms with Crippen LogP contribution >= 0.6 is 0 Å². The number of nitrogens with two attached hydrogens (primary N) is 1. The summed E-state index contributed by atoms with van der Waals surface area (Å²) in [5.74, 6) is -0.904. The van der Waals surface area contributed by atoms with E-state index in [0.717, 1.165) is 12.1 Å². The highest BCUT2D eigenvalue weighted by molar-refractivity contribution is 5.97. The van der Waals surface area contributed by atoms with Crippen LogP contribution in [0.3, 0.4) is 0 Å². The van der Waals surface area contributed by atoms with E-state index in [9.17, 15) is 18.0 Å². The van der Waals surface area contributed by atoms with E-state index in [1.54, 1.807) is 24.3 Å². The quantitative estimate of drug-likeness (QED) is 0.795. The Hall–Kier alpha value is -3.16. The van der Waals surface area contributed by atoms with E-state index in [2.05, 4.69) is 9.97 Å². The molecule has 0 saturated heterocycles. The number of alkyl halides is 3. The average molecular weight is 333 g/mol. The van der Waals surface area contributed by atoms with Crippen LogP contribution in [0.2, 0.25) is 0 Å². The first-order chi connectivity index (χ1) is 11.3. The number of aromatic nitrogens is 2. The fourth-order valence-corrected chi connectivity index (χ4v) is 2.07. The summed E-state index contributed by atoms with van der Waals surface area (Å²) < 4.78 is 43.0. The van der Waals surface area contributed by atoms with Crippen molar-refractivity contribution >= 4 is 16.8 Å². The molecular formula is C16H10F3N3O2. The number of rotatable bonds is 3. The number of pyridine rings is 2. The molecule has 3 rings (SSSR count). The molecule has 0 spiro atoms. The highest BCUT2D eigenvalue weighted by atomic mass is 19.4. The summed E-state index contributed by atoms with van der Waals surface area (Å²) >= 11 is 0. The van der Waals surface area contributed by atoms with Crippen molar-refractivity contribution in [3.63, 3.8) is 0 Å². The van der Waals surface area contributed by atoms with Crippen LogP contribution in [0, 0.1) is 0 Å². The summed E-state index contributed by atoms with van der Waals surface area (Å²) in [4.78, 5) is 19.3. The van der Waals surface area contributed by atoms with E-state index in [1.165, 1.54) is 6.07 Å². The summed E-state index contributed by atoms with van der Waals surface area (Å²) in [6, 6.07) is 10.4. The Labute approximate surface area is 133 Å². The van der Waals surface area contributed by atoms with Crippen LogP contribution in [0.1, 0.15) is 16.1 Å². The second-order valence-electron chi connectivity index (χ2n) is 4.88. The van der Waals surface area contributed by atoms with Crippen LogP contribution in [0.15, 0.2) is 48.7 Å². The Bertz CT molecular complexity index is 909. The SMILES string of the molecule is NC(=O)c1nc2ccccc2cc1Oc1ccc(C(F)(F)F)cn1. The van der Waals surface area contributed by atoms with Crippen molar-refractivity contribution in [3.8, 4) is 11.6 Å². The zero-order chi connectivity index (χ0) is 17.3. The number of amides is 1. The molecule has 1 amide bonds. The van der Waals surface area contributed by atoms with E-state index in [1.807, 2.05) is 0 Å². The van der Waals surface area contributed by atoms with Gasteiger partial charge in [0.15, 0.2) is 11.4 Å². The van der Waals surface area contributed by atoms with Crippen molar-refractivity contribution in [2.24, 2.45) is 5.73 Å². The van der Waals surface area contributed by atoms with Crippen LogP contribution in [0.4, 0.5) is 13.2 Å². The number of para-hydroxylation sites is 1. The summed E-state index contributed by atoms with van der Waals surface area (Å²) in [6.07, 6.45) is -3.85. The van der Waals surface area contributed by atoms with Gasteiger partial charge in [-0.15, -0.1) is 0 Å². The molecule has 8 heteroatoms. The molecule has 0 aliphatic carbocycles. The maximum absolute atomic E-state index is 12.5. The summed E-state index contributed by atoms with van der Waals surface area (Å²) in [5.41, 5.74) is 4.80. The van der Waals surface area contributed by atoms with Gasteiger partial charge in [-0.3, -0.25) is 4.79 Å². The molecule has 0 radical (unpaired) electrons. The number of fused-ring (bicyclic) bond motifs is 1. The second kappa shape index (κ2) is 5.80. The monoisotopic (exact) mass is 333 g/mol. The van der Waals surface area contributed by atoms with Crippen LogP contribution < -0.4 is 10.5 Å². The lowest BCUT2D eigenvalue weighted by molar-refractivity contribution is -0.137. The summed E-state index contributed by atoms with van der Waals surface area (Å²) in [6.45, 7) is 0. The predicted octanol–water partition coefficient (Wildman–Crippen LogP) is 3.54. The van der Waals surface area contributed by atoms with Crippen molar-refractivity contribution < 1.29 is 22.7 Å². The van der Waals surface area contributed by atoms with E-state index in [-0.39, 0.29) is 17.3 Å². The van der Waals surface area contributed by atoms with Crippen molar-refractivity contribution in [2.75, 3.05) is 0 Å². The fraction of sp³-hybridized carbons (Fsp3) is 0.0625. The van der Waals surface area contributed by atoms with Gasteiger partial charge in [-0.2, -0.15) is 13.2 Å². The average Bonchev–Trinajstić information content (AvgIpc) is 2.53. The van der Waals surface area contributed by atoms with Crippen molar-refractivity contribution in [3.05, 3.63) is 59.9 Å². The Morgan fingerprint density at radius 1 is 1.12 bits per heavy atom. The molecule has 1 aromatic carbocycles. The van der Waals surface area contributed by atoms with Crippen LogP contribution in [0.25, 0.3) is 10.9 Å². The van der Waals surface area contributed by atoms with Crippen molar-refractivity contribution in [1.82, 2.24) is 9.97 Å². The molecule has 2 N–H and O–H groups in total. The molecule has 0 aliphatic heterocycles. The highest BCUT2D eigenvalue weighted by Crippen LogP contribution is 2.31. The zero-order valence-electron chi connectivity index (χ0n) is 12.0. The topological polar surface area (TPSA) is 78.1 Å². The van der Waals surface area contributed by atoms with Gasteiger partial charge in [0.05, 0.1) is 11.1 Å². The van der Waals surface area contributed by atoms with Crippen molar-refractivity contribution in [2.45, 2.75) is 6.18 Å². The molecule has 5 nitrogen and oxygen atoms in total. The van der Waals surface area contributed by atoms with Crippen LogP contribution in [0.5, 0.6) is 11.6 Å². The Morgan fingerprint density at radius 2 is 1.88 bits per heavy atom. The smallest absolute Gasteiger partial charge is 0.417 e. The normalized spacial score (nSPS) is 11.5. The molecule has 0 saturated carbocycles. The third-order valence-electron chi connectivity index (χ3n) is 3.20. The van der Waals surface area contributed by atoms with Gasteiger partial charge in [0.25, 0.3) is 5.91 Å². The molecule has 0 aliphatic rings. The number of primary amides is 1. The molecule has 0 bridgehead atoms. The van der Waals surface area contributed by atoms with Crippen molar-refractivity contribution in [1.29, 1.82) is 0 Å². The minimum atomic E-state index is -4.49. The number of ether oxygens (including phenoxy) is 1. The maximum atomic E-state index is 12.5.